The fourth-order valence-electron chi connectivity index (χ4n) is 3.29. The number of hydrogen-bond acceptors (Lipinski definition) is 3. The highest BCUT2D eigenvalue weighted by atomic mass is 16.5. The number of amides is 2. The highest BCUT2D eigenvalue weighted by Crippen LogP contribution is 2.35. The Morgan fingerprint density at radius 3 is 2.48 bits per heavy atom. The number of carbonyl (C=O) groups excluding carboxylic acids is 1. The molecule has 1 aliphatic carbocycles. The fraction of sp³-hybridized carbons (Fsp3) is 0.867. The third-order valence-electron chi connectivity index (χ3n) is 5.25. The number of urea groups is 1. The van der Waals surface area contributed by atoms with Crippen molar-refractivity contribution in [2.24, 2.45) is 5.41 Å². The van der Waals surface area contributed by atoms with Crippen molar-refractivity contribution in [1.29, 1.82) is 0 Å². The Bertz CT molecular complexity index is 403. The lowest BCUT2D eigenvalue weighted by Crippen LogP contribution is -2.56. The van der Waals surface area contributed by atoms with Gasteiger partial charge in [-0.15, -0.1) is 0 Å². The number of rotatable bonds is 5. The average Bonchev–Trinajstić information content (AvgIpc) is 2.46. The number of hydrogen-bond donors (Lipinski definition) is 2. The van der Waals surface area contributed by atoms with E-state index in [1.165, 1.54) is 0 Å². The van der Waals surface area contributed by atoms with Gasteiger partial charge in [-0.2, -0.15) is 0 Å². The van der Waals surface area contributed by atoms with Crippen LogP contribution in [-0.4, -0.2) is 54.4 Å². The number of nitrogens with zero attached hydrogens (tertiary/aromatic N) is 1. The van der Waals surface area contributed by atoms with E-state index in [4.69, 9.17) is 4.74 Å². The lowest BCUT2D eigenvalue weighted by Gasteiger charge is -2.42. The second-order valence-corrected chi connectivity index (χ2v) is 6.36. The lowest BCUT2D eigenvalue weighted by atomic mass is 9.77. The predicted octanol–water partition coefficient (Wildman–Crippen LogP) is 1.84. The molecule has 2 aliphatic rings. The standard InChI is InChI=1S/C15H26N2O4/c1-3-14(12(18)19)6-5-9-17(11-14)13(20)16-10-15(21-2)7-4-8-15/h3-11H2,1-2H3,(H,16,20)(H,18,19). The number of carboxylic acids is 1. The molecule has 1 aliphatic heterocycles. The van der Waals surface area contributed by atoms with Crippen LogP contribution in [0.5, 0.6) is 0 Å². The molecule has 2 N–H and O–H groups in total. The number of carbonyl (C=O) groups is 2. The first-order valence-corrected chi connectivity index (χ1v) is 7.78. The van der Waals surface area contributed by atoms with Crippen molar-refractivity contribution >= 4 is 12.0 Å². The minimum absolute atomic E-state index is 0.169. The summed E-state index contributed by atoms with van der Waals surface area (Å²) < 4.78 is 5.48. The van der Waals surface area contributed by atoms with Crippen LogP contribution in [0, 0.1) is 5.41 Å². The molecule has 6 nitrogen and oxygen atoms in total. The van der Waals surface area contributed by atoms with Gasteiger partial charge in [-0.05, 0) is 38.5 Å². The first-order valence-electron chi connectivity index (χ1n) is 7.78. The van der Waals surface area contributed by atoms with Crippen LogP contribution in [-0.2, 0) is 9.53 Å². The van der Waals surface area contributed by atoms with Crippen molar-refractivity contribution in [1.82, 2.24) is 10.2 Å². The first-order chi connectivity index (χ1) is 9.97. The Hall–Kier alpha value is -1.30. The topological polar surface area (TPSA) is 78.9 Å². The van der Waals surface area contributed by atoms with Gasteiger partial charge < -0.3 is 20.1 Å². The van der Waals surface area contributed by atoms with Crippen molar-refractivity contribution in [2.45, 2.75) is 51.0 Å². The van der Waals surface area contributed by atoms with Crippen LogP contribution in [0.15, 0.2) is 0 Å². The monoisotopic (exact) mass is 298 g/mol. The molecule has 1 saturated heterocycles. The fourth-order valence-corrected chi connectivity index (χ4v) is 3.29. The van der Waals surface area contributed by atoms with E-state index in [2.05, 4.69) is 5.32 Å². The molecular formula is C15H26N2O4. The Labute approximate surface area is 125 Å². The molecule has 2 fully saturated rings. The third kappa shape index (κ3) is 3.15. The zero-order chi connectivity index (χ0) is 15.5. The van der Waals surface area contributed by atoms with E-state index in [0.717, 1.165) is 25.7 Å². The number of methoxy groups -OCH3 is 1. The molecule has 0 aromatic rings. The van der Waals surface area contributed by atoms with Gasteiger partial charge in [-0.25, -0.2) is 4.79 Å². The summed E-state index contributed by atoms with van der Waals surface area (Å²) in [4.78, 5) is 25.5. The maximum atomic E-state index is 12.3. The molecular weight excluding hydrogens is 272 g/mol. The molecule has 1 atom stereocenters. The van der Waals surface area contributed by atoms with E-state index < -0.39 is 11.4 Å². The van der Waals surface area contributed by atoms with Crippen LogP contribution in [0.25, 0.3) is 0 Å². The summed E-state index contributed by atoms with van der Waals surface area (Å²) in [6, 6.07) is -0.169. The predicted molar refractivity (Wildman–Crippen MR) is 78.2 cm³/mol. The molecule has 0 bridgehead atoms. The first kappa shape index (κ1) is 16.1. The van der Waals surface area contributed by atoms with Crippen molar-refractivity contribution in [3.8, 4) is 0 Å². The highest BCUT2D eigenvalue weighted by Gasteiger charge is 2.43. The Balaban J connectivity index is 1.91. The maximum absolute atomic E-state index is 12.3. The molecule has 1 saturated carbocycles. The van der Waals surface area contributed by atoms with Crippen molar-refractivity contribution in [3.05, 3.63) is 0 Å². The largest absolute Gasteiger partial charge is 0.481 e. The minimum Gasteiger partial charge on any atom is -0.481 e. The molecule has 0 aromatic heterocycles. The summed E-state index contributed by atoms with van der Waals surface area (Å²) in [5.74, 6) is -0.796. The normalized spacial score (nSPS) is 27.8. The van der Waals surface area contributed by atoms with Crippen LogP contribution in [0.4, 0.5) is 4.79 Å². The Morgan fingerprint density at radius 2 is 2.00 bits per heavy atom. The number of aliphatic carboxylic acids is 1. The quantitative estimate of drug-likeness (QED) is 0.812. The van der Waals surface area contributed by atoms with Gasteiger partial charge in [0, 0.05) is 26.7 Å². The van der Waals surface area contributed by atoms with Crippen LogP contribution < -0.4 is 5.32 Å². The van der Waals surface area contributed by atoms with Gasteiger partial charge in [0.05, 0.1) is 11.0 Å². The van der Waals surface area contributed by atoms with Crippen LogP contribution in [0.1, 0.15) is 45.4 Å². The van der Waals surface area contributed by atoms with Gasteiger partial charge in [-0.1, -0.05) is 6.92 Å². The molecule has 6 heteroatoms. The molecule has 120 valence electrons. The van der Waals surface area contributed by atoms with Crippen molar-refractivity contribution in [2.75, 3.05) is 26.7 Å². The Morgan fingerprint density at radius 1 is 1.29 bits per heavy atom. The number of ether oxygens (including phenoxy) is 1. The zero-order valence-electron chi connectivity index (χ0n) is 13.0. The number of nitrogens with one attached hydrogen (secondary N) is 1. The number of likely N-dealkylation sites (tertiary alicyclic amines) is 1. The van der Waals surface area contributed by atoms with Gasteiger partial charge in [0.2, 0.25) is 0 Å². The molecule has 2 rings (SSSR count). The number of piperidine rings is 1. The molecule has 2 amide bonds. The summed E-state index contributed by atoms with van der Waals surface area (Å²) >= 11 is 0. The molecule has 1 heterocycles. The van der Waals surface area contributed by atoms with E-state index in [1.54, 1.807) is 12.0 Å². The molecule has 21 heavy (non-hydrogen) atoms. The summed E-state index contributed by atoms with van der Waals surface area (Å²) in [5, 5.41) is 12.4. The molecule has 1 unspecified atom stereocenters. The average molecular weight is 298 g/mol. The SMILES string of the molecule is CCC1(C(=O)O)CCCN(C(=O)NCC2(OC)CCC2)C1. The van der Waals surface area contributed by atoms with Gasteiger partial charge in [0.25, 0.3) is 0 Å². The molecule has 0 spiro atoms. The van der Waals surface area contributed by atoms with E-state index >= 15 is 0 Å². The summed E-state index contributed by atoms with van der Waals surface area (Å²) in [6.07, 6.45) is 5.00. The lowest BCUT2D eigenvalue weighted by molar-refractivity contribution is -0.152. The number of carboxylic acid groups (broad SMARTS) is 1. The Kier molecular flexibility index (Phi) is 4.76. The van der Waals surface area contributed by atoms with E-state index in [9.17, 15) is 14.7 Å². The van der Waals surface area contributed by atoms with Crippen LogP contribution >= 0.6 is 0 Å². The smallest absolute Gasteiger partial charge is 0.317 e. The van der Waals surface area contributed by atoms with Gasteiger partial charge >= 0.3 is 12.0 Å². The zero-order valence-corrected chi connectivity index (χ0v) is 13.0. The third-order valence-corrected chi connectivity index (χ3v) is 5.25. The van der Waals surface area contributed by atoms with E-state index in [-0.39, 0.29) is 11.6 Å². The van der Waals surface area contributed by atoms with Gasteiger partial charge in [-0.3, -0.25) is 4.79 Å². The maximum Gasteiger partial charge on any atom is 0.317 e. The summed E-state index contributed by atoms with van der Waals surface area (Å²) in [7, 11) is 1.68. The van der Waals surface area contributed by atoms with E-state index in [0.29, 0.717) is 32.5 Å². The van der Waals surface area contributed by atoms with E-state index in [1.807, 2.05) is 6.92 Å². The highest BCUT2D eigenvalue weighted by molar-refractivity contribution is 5.78. The summed E-state index contributed by atoms with van der Waals surface area (Å²) in [6.45, 7) is 3.31. The molecule has 0 radical (unpaired) electrons. The van der Waals surface area contributed by atoms with Gasteiger partial charge in [0.1, 0.15) is 0 Å². The minimum atomic E-state index is -0.796. The second-order valence-electron chi connectivity index (χ2n) is 6.36. The van der Waals surface area contributed by atoms with Crippen LogP contribution in [0.3, 0.4) is 0 Å². The van der Waals surface area contributed by atoms with Crippen molar-refractivity contribution < 1.29 is 19.4 Å². The van der Waals surface area contributed by atoms with Gasteiger partial charge in [0.15, 0.2) is 0 Å². The summed E-state index contributed by atoms with van der Waals surface area (Å²) in [5.41, 5.74) is -0.995. The second kappa shape index (κ2) is 6.22. The van der Waals surface area contributed by atoms with Crippen molar-refractivity contribution in [3.63, 3.8) is 0 Å². The molecule has 0 aromatic carbocycles. The van der Waals surface area contributed by atoms with Crippen LogP contribution in [0.2, 0.25) is 0 Å².